The van der Waals surface area contributed by atoms with Crippen LogP contribution in [0.4, 0.5) is 0 Å². The zero-order valence-corrected chi connectivity index (χ0v) is 11.1. The van der Waals surface area contributed by atoms with Crippen molar-refractivity contribution in [2.75, 3.05) is 11.0 Å². The second-order valence-corrected chi connectivity index (χ2v) is 4.92. The first-order valence-electron chi connectivity index (χ1n) is 4.33. The maximum Gasteiger partial charge on any atom is 0.264 e. The Bertz CT molecular complexity index is 313. The van der Waals surface area contributed by atoms with Crippen molar-refractivity contribution < 1.29 is 4.79 Å². The molecule has 0 bridgehead atoms. The van der Waals surface area contributed by atoms with E-state index in [1.807, 2.05) is 13.8 Å². The van der Waals surface area contributed by atoms with Crippen LogP contribution >= 0.6 is 34.1 Å². The smallest absolute Gasteiger partial charge is 0.264 e. The highest BCUT2D eigenvalue weighted by Gasteiger charge is 2.17. The van der Waals surface area contributed by atoms with E-state index in [9.17, 15) is 4.79 Å². The molecule has 0 aromatic carbocycles. The summed E-state index contributed by atoms with van der Waals surface area (Å²) in [5, 5.41) is 6.76. The monoisotopic (exact) mass is 325 g/mol. The van der Waals surface area contributed by atoms with E-state index in [0.29, 0.717) is 11.4 Å². The van der Waals surface area contributed by atoms with Crippen molar-refractivity contribution in [3.63, 3.8) is 0 Å². The molecule has 0 unspecified atom stereocenters. The summed E-state index contributed by atoms with van der Waals surface area (Å²) < 4.78 is 4.71. The summed E-state index contributed by atoms with van der Waals surface area (Å²) in [6.07, 6.45) is 0. The van der Waals surface area contributed by atoms with Gasteiger partial charge in [-0.15, -0.1) is 5.10 Å². The Morgan fingerprint density at radius 3 is 2.93 bits per heavy atom. The van der Waals surface area contributed by atoms with Crippen molar-refractivity contribution >= 4 is 40.0 Å². The van der Waals surface area contributed by atoms with Crippen LogP contribution in [-0.2, 0) is 0 Å². The van der Waals surface area contributed by atoms with Gasteiger partial charge in [0.15, 0.2) is 0 Å². The van der Waals surface area contributed by atoms with Crippen molar-refractivity contribution in [3.8, 4) is 0 Å². The molecular formula is C8H12IN3OS. The minimum atomic E-state index is -0.0552. The fourth-order valence-corrected chi connectivity index (χ4v) is 1.98. The number of nitrogens with one attached hydrogen (secondary N) is 1. The fourth-order valence-electron chi connectivity index (χ4n) is 0.974. The molecule has 0 aliphatic rings. The summed E-state index contributed by atoms with van der Waals surface area (Å²) in [4.78, 5) is 12.2. The number of hydrogen-bond acceptors (Lipinski definition) is 4. The summed E-state index contributed by atoms with van der Waals surface area (Å²) in [7, 11) is 0. The van der Waals surface area contributed by atoms with Crippen LogP contribution in [0.15, 0.2) is 0 Å². The number of aromatic nitrogens is 2. The Kier molecular flexibility index (Phi) is 4.73. The minimum Gasteiger partial charge on any atom is -0.350 e. The molecule has 0 saturated heterocycles. The maximum atomic E-state index is 11.6. The number of carbonyl (C=O) groups is 1. The lowest BCUT2D eigenvalue weighted by atomic mass is 10.1. The van der Waals surface area contributed by atoms with E-state index in [1.54, 1.807) is 0 Å². The summed E-state index contributed by atoms with van der Waals surface area (Å²) in [6.45, 7) is 4.70. The van der Waals surface area contributed by atoms with E-state index < -0.39 is 0 Å². The van der Waals surface area contributed by atoms with Gasteiger partial charge in [-0.25, -0.2) is 0 Å². The van der Waals surface area contributed by atoms with Crippen molar-refractivity contribution in [2.45, 2.75) is 19.8 Å². The largest absolute Gasteiger partial charge is 0.350 e. The van der Waals surface area contributed by atoms with Gasteiger partial charge in [0.1, 0.15) is 4.88 Å². The van der Waals surface area contributed by atoms with E-state index in [4.69, 9.17) is 0 Å². The minimum absolute atomic E-state index is 0.0552. The molecule has 0 fully saturated rings. The van der Waals surface area contributed by atoms with Crippen LogP contribution in [0, 0.1) is 0 Å². The molecule has 0 saturated carbocycles. The normalized spacial score (nSPS) is 10.6. The zero-order valence-electron chi connectivity index (χ0n) is 8.08. The van der Waals surface area contributed by atoms with Gasteiger partial charge in [-0.05, 0) is 17.5 Å². The molecule has 0 radical (unpaired) electrons. The number of alkyl halides is 1. The molecule has 0 spiro atoms. The molecule has 1 aromatic heterocycles. The SMILES string of the molecule is CC(C)c1nnsc1C(=O)NCCI. The lowest BCUT2D eigenvalue weighted by Crippen LogP contribution is -2.25. The van der Waals surface area contributed by atoms with E-state index in [-0.39, 0.29) is 11.8 Å². The summed E-state index contributed by atoms with van der Waals surface area (Å²) in [5.74, 6) is 0.189. The summed E-state index contributed by atoms with van der Waals surface area (Å²) in [6, 6.07) is 0. The second-order valence-electron chi connectivity index (χ2n) is 3.09. The molecular weight excluding hydrogens is 313 g/mol. The van der Waals surface area contributed by atoms with E-state index in [0.717, 1.165) is 21.7 Å². The molecule has 0 atom stereocenters. The van der Waals surface area contributed by atoms with Gasteiger partial charge in [0.05, 0.1) is 5.69 Å². The van der Waals surface area contributed by atoms with Crippen LogP contribution in [0.2, 0.25) is 0 Å². The molecule has 0 aliphatic carbocycles. The van der Waals surface area contributed by atoms with Crippen LogP contribution in [0.3, 0.4) is 0 Å². The van der Waals surface area contributed by atoms with Crippen molar-refractivity contribution in [2.24, 2.45) is 0 Å². The number of amides is 1. The van der Waals surface area contributed by atoms with E-state index in [2.05, 4.69) is 37.5 Å². The molecule has 6 heteroatoms. The lowest BCUT2D eigenvalue weighted by Gasteiger charge is -2.03. The first-order valence-corrected chi connectivity index (χ1v) is 6.63. The molecule has 4 nitrogen and oxygen atoms in total. The Morgan fingerprint density at radius 2 is 2.36 bits per heavy atom. The molecule has 1 amide bonds. The maximum absolute atomic E-state index is 11.6. The lowest BCUT2D eigenvalue weighted by molar-refractivity contribution is 0.0959. The third-order valence-corrected chi connectivity index (χ3v) is 2.93. The van der Waals surface area contributed by atoms with Crippen LogP contribution in [0.5, 0.6) is 0 Å². The zero-order chi connectivity index (χ0) is 10.6. The van der Waals surface area contributed by atoms with Crippen LogP contribution in [0.1, 0.15) is 35.1 Å². The predicted molar refractivity (Wildman–Crippen MR) is 65.2 cm³/mol. The van der Waals surface area contributed by atoms with Gasteiger partial charge < -0.3 is 5.32 Å². The number of nitrogens with zero attached hydrogens (tertiary/aromatic N) is 2. The number of carbonyl (C=O) groups excluding carboxylic acids is 1. The molecule has 1 aromatic rings. The van der Waals surface area contributed by atoms with Crippen molar-refractivity contribution in [1.82, 2.24) is 14.9 Å². The first-order chi connectivity index (χ1) is 6.66. The Balaban J connectivity index is 2.74. The second kappa shape index (κ2) is 5.59. The molecule has 78 valence electrons. The van der Waals surface area contributed by atoms with Crippen LogP contribution in [0.25, 0.3) is 0 Å². The summed E-state index contributed by atoms with van der Waals surface area (Å²) >= 11 is 3.38. The van der Waals surface area contributed by atoms with Gasteiger partial charge in [-0.2, -0.15) is 0 Å². The standard InChI is InChI=1S/C8H12IN3OS/c1-5(2)6-7(14-12-11-6)8(13)10-4-3-9/h5H,3-4H2,1-2H3,(H,10,13). The third-order valence-electron chi connectivity index (χ3n) is 1.65. The van der Waals surface area contributed by atoms with Gasteiger partial charge >= 0.3 is 0 Å². The van der Waals surface area contributed by atoms with Crippen LogP contribution < -0.4 is 5.32 Å². The summed E-state index contributed by atoms with van der Waals surface area (Å²) in [5.41, 5.74) is 0.793. The van der Waals surface area contributed by atoms with Crippen molar-refractivity contribution in [3.05, 3.63) is 10.6 Å². The van der Waals surface area contributed by atoms with Gasteiger partial charge in [0.25, 0.3) is 5.91 Å². The molecule has 0 aliphatic heterocycles. The fraction of sp³-hybridized carbons (Fsp3) is 0.625. The topological polar surface area (TPSA) is 54.9 Å². The predicted octanol–water partition coefficient (Wildman–Crippen LogP) is 1.83. The van der Waals surface area contributed by atoms with Crippen LogP contribution in [-0.4, -0.2) is 26.5 Å². The number of hydrogen-bond donors (Lipinski definition) is 1. The molecule has 14 heavy (non-hydrogen) atoms. The third kappa shape index (κ3) is 2.88. The van der Waals surface area contributed by atoms with Gasteiger partial charge in [-0.1, -0.05) is 40.9 Å². The Labute approximate surface area is 101 Å². The van der Waals surface area contributed by atoms with E-state index in [1.165, 1.54) is 0 Å². The molecule has 1 heterocycles. The average molecular weight is 325 g/mol. The number of rotatable bonds is 4. The molecule has 1 N–H and O–H groups in total. The van der Waals surface area contributed by atoms with E-state index >= 15 is 0 Å². The molecule has 1 rings (SSSR count). The number of halogens is 1. The van der Waals surface area contributed by atoms with Gasteiger partial charge in [0, 0.05) is 11.0 Å². The Morgan fingerprint density at radius 1 is 1.64 bits per heavy atom. The first kappa shape index (κ1) is 11.8. The average Bonchev–Trinajstić information content (AvgIpc) is 2.62. The Hall–Kier alpha value is -0.240. The highest BCUT2D eigenvalue weighted by Crippen LogP contribution is 2.19. The van der Waals surface area contributed by atoms with Gasteiger partial charge in [-0.3, -0.25) is 4.79 Å². The highest BCUT2D eigenvalue weighted by molar-refractivity contribution is 14.1. The van der Waals surface area contributed by atoms with Crippen molar-refractivity contribution in [1.29, 1.82) is 0 Å². The van der Waals surface area contributed by atoms with Gasteiger partial charge in [0.2, 0.25) is 0 Å². The quantitative estimate of drug-likeness (QED) is 0.679. The highest BCUT2D eigenvalue weighted by atomic mass is 127.